The molecule has 1 N–H and O–H groups in total. The highest BCUT2D eigenvalue weighted by Crippen LogP contribution is 2.48. The van der Waals surface area contributed by atoms with Crippen LogP contribution in [0.3, 0.4) is 0 Å². The molecule has 0 radical (unpaired) electrons. The van der Waals surface area contributed by atoms with Gasteiger partial charge in [-0.1, -0.05) is 23.8 Å². The van der Waals surface area contributed by atoms with Crippen molar-refractivity contribution in [2.24, 2.45) is 23.7 Å². The lowest BCUT2D eigenvalue weighted by atomic mass is 9.82. The number of nitrogens with one attached hydrogen (secondary N) is 1. The number of halogens is 1. The Bertz CT molecular complexity index is 717. The molecule has 0 saturated heterocycles. The van der Waals surface area contributed by atoms with Crippen LogP contribution in [0.4, 0.5) is 5.69 Å². The number of carbonyl (C=O) groups excluding carboxylic acids is 2. The van der Waals surface area contributed by atoms with Crippen molar-refractivity contribution in [2.75, 3.05) is 19.5 Å². The summed E-state index contributed by atoms with van der Waals surface area (Å²) in [5.74, 6) is -2.49. The molecular formula is C17H17ClNO5-. The van der Waals surface area contributed by atoms with Crippen LogP contribution in [-0.4, -0.2) is 26.1 Å². The molecule has 0 aromatic heterocycles. The molecule has 1 aromatic carbocycles. The lowest BCUT2D eigenvalue weighted by Gasteiger charge is -2.28. The summed E-state index contributed by atoms with van der Waals surface area (Å²) in [5.41, 5.74) is 0.382. The molecule has 4 atom stereocenters. The van der Waals surface area contributed by atoms with E-state index in [2.05, 4.69) is 5.32 Å². The minimum atomic E-state index is -1.19. The maximum Gasteiger partial charge on any atom is 0.228 e. The number of benzene rings is 1. The first-order valence-electron chi connectivity index (χ1n) is 7.57. The van der Waals surface area contributed by atoms with Crippen molar-refractivity contribution in [1.29, 1.82) is 0 Å². The third-order valence-corrected chi connectivity index (χ3v) is 5.06. The number of hydrogen-bond donors (Lipinski definition) is 1. The number of carboxylic acid groups (broad SMARTS) is 1. The van der Waals surface area contributed by atoms with Crippen LogP contribution in [0.2, 0.25) is 5.02 Å². The Morgan fingerprint density at radius 3 is 2.33 bits per heavy atom. The highest BCUT2D eigenvalue weighted by atomic mass is 35.5. The van der Waals surface area contributed by atoms with Gasteiger partial charge in [-0.25, -0.2) is 0 Å². The zero-order chi connectivity index (χ0) is 17.4. The molecule has 2 aliphatic rings. The zero-order valence-corrected chi connectivity index (χ0v) is 14.0. The van der Waals surface area contributed by atoms with Gasteiger partial charge in [0.1, 0.15) is 11.5 Å². The first-order valence-corrected chi connectivity index (χ1v) is 7.95. The topological polar surface area (TPSA) is 87.7 Å². The Hall–Kier alpha value is -2.21. The predicted molar refractivity (Wildman–Crippen MR) is 85.9 cm³/mol. The van der Waals surface area contributed by atoms with Crippen LogP contribution in [-0.2, 0) is 9.59 Å². The molecule has 2 bridgehead atoms. The Kier molecular flexibility index (Phi) is 4.41. The summed E-state index contributed by atoms with van der Waals surface area (Å²) < 4.78 is 10.4. The molecule has 0 aliphatic heterocycles. The van der Waals surface area contributed by atoms with Gasteiger partial charge in [0.2, 0.25) is 5.91 Å². The van der Waals surface area contributed by atoms with Crippen molar-refractivity contribution in [3.05, 3.63) is 29.3 Å². The van der Waals surface area contributed by atoms with Crippen LogP contribution in [0, 0.1) is 23.7 Å². The van der Waals surface area contributed by atoms with Crippen LogP contribution in [0.15, 0.2) is 24.3 Å². The van der Waals surface area contributed by atoms with Gasteiger partial charge >= 0.3 is 0 Å². The number of allylic oxidation sites excluding steroid dienone is 2. The first-order chi connectivity index (χ1) is 11.5. The smallest absolute Gasteiger partial charge is 0.228 e. The van der Waals surface area contributed by atoms with E-state index in [9.17, 15) is 14.7 Å². The number of fused-ring (bicyclic) bond motifs is 2. The van der Waals surface area contributed by atoms with E-state index < -0.39 is 17.8 Å². The summed E-state index contributed by atoms with van der Waals surface area (Å²) in [5, 5.41) is 14.5. The number of methoxy groups -OCH3 is 2. The van der Waals surface area contributed by atoms with Gasteiger partial charge in [0.25, 0.3) is 0 Å². The highest BCUT2D eigenvalue weighted by Gasteiger charge is 2.48. The van der Waals surface area contributed by atoms with Gasteiger partial charge in [0, 0.05) is 24.0 Å². The fourth-order valence-electron chi connectivity index (χ4n) is 3.68. The third-order valence-electron chi connectivity index (χ3n) is 4.77. The zero-order valence-electron chi connectivity index (χ0n) is 13.2. The molecule has 7 heteroatoms. The van der Waals surface area contributed by atoms with Crippen LogP contribution in [0.25, 0.3) is 0 Å². The van der Waals surface area contributed by atoms with Crippen molar-refractivity contribution < 1.29 is 24.2 Å². The van der Waals surface area contributed by atoms with Gasteiger partial charge in [-0.15, -0.1) is 0 Å². The fraction of sp³-hybridized carbons (Fsp3) is 0.412. The number of carboxylic acids is 1. The summed E-state index contributed by atoms with van der Waals surface area (Å²) in [4.78, 5) is 24.1. The molecule has 3 rings (SSSR count). The summed E-state index contributed by atoms with van der Waals surface area (Å²) in [7, 11) is 2.92. The van der Waals surface area contributed by atoms with Crippen LogP contribution in [0.1, 0.15) is 6.42 Å². The summed E-state index contributed by atoms with van der Waals surface area (Å²) in [6.45, 7) is 0. The number of ether oxygens (including phenoxy) is 2. The van der Waals surface area contributed by atoms with E-state index in [1.807, 2.05) is 12.2 Å². The van der Waals surface area contributed by atoms with E-state index in [1.54, 1.807) is 6.07 Å². The molecular weight excluding hydrogens is 334 g/mol. The van der Waals surface area contributed by atoms with E-state index in [0.717, 1.165) is 0 Å². The SMILES string of the molecule is COc1cc(NC(=O)[C@@H]2[C@@H](C(=O)[O-])[C@H]3C=C[C@@H]2C3)c(OC)cc1Cl. The van der Waals surface area contributed by atoms with Gasteiger partial charge in [-0.05, 0) is 18.3 Å². The van der Waals surface area contributed by atoms with Gasteiger partial charge in [0.15, 0.2) is 0 Å². The molecule has 0 spiro atoms. The molecule has 0 unspecified atom stereocenters. The quantitative estimate of drug-likeness (QED) is 0.813. The minimum Gasteiger partial charge on any atom is -0.550 e. The van der Waals surface area contributed by atoms with Crippen LogP contribution in [0.5, 0.6) is 11.5 Å². The maximum atomic E-state index is 12.7. The molecule has 128 valence electrons. The first kappa shape index (κ1) is 16.6. The van der Waals surface area contributed by atoms with E-state index in [1.165, 1.54) is 20.3 Å². The summed E-state index contributed by atoms with van der Waals surface area (Å²) in [6.07, 6.45) is 4.44. The second-order valence-corrected chi connectivity index (χ2v) is 6.40. The standard InChI is InChI=1S/C17H18ClNO5/c1-23-12-7-11(13(24-2)6-10(12)18)19-16(20)14-8-3-4-9(5-8)15(14)17(21)22/h3-4,6-9,14-15H,5H2,1-2H3,(H,19,20)(H,21,22)/p-1/t8-,9+,14+,15+/m1/s1. The Balaban J connectivity index is 1.87. The largest absolute Gasteiger partial charge is 0.550 e. The third kappa shape index (κ3) is 2.71. The Morgan fingerprint density at radius 2 is 1.75 bits per heavy atom. The number of anilines is 1. The molecule has 6 nitrogen and oxygen atoms in total. The molecule has 0 heterocycles. The van der Waals surface area contributed by atoms with Gasteiger partial charge in [-0.2, -0.15) is 0 Å². The lowest BCUT2D eigenvalue weighted by Crippen LogP contribution is -2.42. The molecule has 1 saturated carbocycles. The van der Waals surface area contributed by atoms with Crippen LogP contribution < -0.4 is 19.9 Å². The van der Waals surface area contributed by atoms with E-state index >= 15 is 0 Å². The second-order valence-electron chi connectivity index (χ2n) is 6.00. The number of carbonyl (C=O) groups is 2. The molecule has 1 aromatic rings. The molecule has 2 aliphatic carbocycles. The Labute approximate surface area is 144 Å². The van der Waals surface area contributed by atoms with E-state index in [0.29, 0.717) is 28.6 Å². The predicted octanol–water partition coefficient (Wildman–Crippen LogP) is 1.48. The van der Waals surface area contributed by atoms with Crippen LogP contribution >= 0.6 is 11.6 Å². The van der Waals surface area contributed by atoms with Gasteiger partial charge in [-0.3, -0.25) is 4.79 Å². The summed E-state index contributed by atoms with van der Waals surface area (Å²) in [6, 6.07) is 3.09. The van der Waals surface area contributed by atoms with Crippen molar-refractivity contribution in [3.63, 3.8) is 0 Å². The molecule has 1 fully saturated rings. The van der Waals surface area contributed by atoms with E-state index in [4.69, 9.17) is 21.1 Å². The number of amides is 1. The number of aliphatic carboxylic acids is 1. The molecule has 1 amide bonds. The van der Waals surface area contributed by atoms with E-state index in [-0.39, 0.29) is 17.7 Å². The highest BCUT2D eigenvalue weighted by molar-refractivity contribution is 6.32. The van der Waals surface area contributed by atoms with Gasteiger partial charge in [0.05, 0.1) is 30.8 Å². The Morgan fingerprint density at radius 1 is 1.12 bits per heavy atom. The summed E-state index contributed by atoms with van der Waals surface area (Å²) >= 11 is 6.05. The minimum absolute atomic E-state index is 0.0851. The average Bonchev–Trinajstić information content (AvgIpc) is 3.16. The fourth-order valence-corrected chi connectivity index (χ4v) is 3.91. The normalized spacial score (nSPS) is 27.1. The molecule has 24 heavy (non-hydrogen) atoms. The second kappa shape index (κ2) is 6.36. The maximum absolute atomic E-state index is 12.7. The van der Waals surface area contributed by atoms with Crippen molar-refractivity contribution >= 4 is 29.2 Å². The number of hydrogen-bond acceptors (Lipinski definition) is 5. The lowest BCUT2D eigenvalue weighted by molar-refractivity contribution is -0.313. The van der Waals surface area contributed by atoms with Gasteiger partial charge < -0.3 is 24.7 Å². The number of rotatable bonds is 5. The average molecular weight is 351 g/mol. The van der Waals surface area contributed by atoms with Crippen molar-refractivity contribution in [2.45, 2.75) is 6.42 Å². The van der Waals surface area contributed by atoms with Crippen molar-refractivity contribution in [3.8, 4) is 11.5 Å². The monoisotopic (exact) mass is 350 g/mol. The van der Waals surface area contributed by atoms with Crippen molar-refractivity contribution in [1.82, 2.24) is 0 Å².